The van der Waals surface area contributed by atoms with Crippen LogP contribution in [0.3, 0.4) is 0 Å². The lowest BCUT2D eigenvalue weighted by molar-refractivity contribution is 0.0848. The molecule has 1 aromatic carbocycles. The number of aldehydes is 1. The molecule has 0 radical (unpaired) electrons. The molecular formula is C11H12ClNO4. The summed E-state index contributed by atoms with van der Waals surface area (Å²) in [6.07, 6.45) is 0.701. The Bertz CT molecular complexity index is 436. The van der Waals surface area contributed by atoms with Gasteiger partial charge in [-0.3, -0.25) is 4.79 Å². The van der Waals surface area contributed by atoms with Gasteiger partial charge in [-0.05, 0) is 6.07 Å². The van der Waals surface area contributed by atoms with Crippen LogP contribution in [0.5, 0.6) is 11.5 Å². The van der Waals surface area contributed by atoms with Gasteiger partial charge in [-0.25, -0.2) is 0 Å². The molecule has 0 fully saturated rings. The second-order valence-electron chi connectivity index (χ2n) is 3.42. The first-order chi connectivity index (χ1) is 8.27. The number of carbonyl (C=O) groups is 1. The van der Waals surface area contributed by atoms with Crippen molar-refractivity contribution in [2.75, 3.05) is 20.3 Å². The van der Waals surface area contributed by atoms with Gasteiger partial charge in [-0.15, -0.1) is 0 Å². The normalized spacial score (nSPS) is 13.5. The number of nitrogens with one attached hydrogen (secondary N) is 1. The number of hydrogen-bond donors (Lipinski definition) is 1. The lowest BCUT2D eigenvalue weighted by Gasteiger charge is -2.23. The number of carbonyl (C=O) groups excluding carboxylic acids is 1. The summed E-state index contributed by atoms with van der Waals surface area (Å²) in [5, 5.41) is 0.445. The van der Waals surface area contributed by atoms with Gasteiger partial charge in [0, 0.05) is 10.6 Å². The van der Waals surface area contributed by atoms with E-state index >= 15 is 0 Å². The number of hydroxylamine groups is 1. The zero-order chi connectivity index (χ0) is 12.3. The van der Waals surface area contributed by atoms with Crippen LogP contribution in [-0.4, -0.2) is 26.6 Å². The molecule has 0 aromatic heterocycles. The molecule has 0 amide bonds. The van der Waals surface area contributed by atoms with E-state index in [0.29, 0.717) is 53.7 Å². The molecule has 17 heavy (non-hydrogen) atoms. The minimum absolute atomic E-state index is 0.375. The molecule has 0 unspecified atom stereocenters. The summed E-state index contributed by atoms with van der Waals surface area (Å²) in [7, 11) is 1.51. The van der Waals surface area contributed by atoms with E-state index < -0.39 is 0 Å². The molecule has 6 heteroatoms. The molecule has 0 atom stereocenters. The zero-order valence-electron chi connectivity index (χ0n) is 9.29. The van der Waals surface area contributed by atoms with Gasteiger partial charge in [-0.1, -0.05) is 11.6 Å². The van der Waals surface area contributed by atoms with Crippen molar-refractivity contribution in [2.45, 2.75) is 6.54 Å². The monoisotopic (exact) mass is 257 g/mol. The largest absolute Gasteiger partial charge is 0.486 e. The number of benzene rings is 1. The average molecular weight is 258 g/mol. The third-order valence-electron chi connectivity index (χ3n) is 2.41. The second-order valence-corrected chi connectivity index (χ2v) is 3.83. The van der Waals surface area contributed by atoms with Gasteiger partial charge in [0.15, 0.2) is 17.8 Å². The summed E-state index contributed by atoms with van der Waals surface area (Å²) in [5.74, 6) is 0.957. The lowest BCUT2D eigenvalue weighted by Crippen LogP contribution is -2.20. The van der Waals surface area contributed by atoms with Gasteiger partial charge >= 0.3 is 0 Å². The van der Waals surface area contributed by atoms with Crippen LogP contribution in [0.4, 0.5) is 0 Å². The highest BCUT2D eigenvalue weighted by atomic mass is 35.5. The van der Waals surface area contributed by atoms with E-state index in [4.69, 9.17) is 25.9 Å². The molecule has 0 bridgehead atoms. The molecule has 5 nitrogen and oxygen atoms in total. The first-order valence-electron chi connectivity index (χ1n) is 5.10. The fourth-order valence-corrected chi connectivity index (χ4v) is 1.92. The van der Waals surface area contributed by atoms with E-state index in [-0.39, 0.29) is 0 Å². The quantitative estimate of drug-likeness (QED) is 0.656. The molecule has 2 rings (SSSR count). The van der Waals surface area contributed by atoms with Crippen molar-refractivity contribution in [3.05, 3.63) is 22.2 Å². The highest BCUT2D eigenvalue weighted by Gasteiger charge is 2.22. The van der Waals surface area contributed by atoms with Crippen molar-refractivity contribution in [3.63, 3.8) is 0 Å². The summed E-state index contributed by atoms with van der Waals surface area (Å²) < 4.78 is 10.9. The summed E-state index contributed by atoms with van der Waals surface area (Å²) >= 11 is 6.09. The highest BCUT2D eigenvalue weighted by molar-refractivity contribution is 6.32. The van der Waals surface area contributed by atoms with E-state index in [1.807, 2.05) is 0 Å². The first kappa shape index (κ1) is 12.2. The molecular weight excluding hydrogens is 246 g/mol. The Hall–Kier alpha value is -1.30. The predicted molar refractivity (Wildman–Crippen MR) is 61.7 cm³/mol. The predicted octanol–water partition coefficient (Wildman–Crippen LogP) is 1.57. The van der Waals surface area contributed by atoms with Gasteiger partial charge in [-0.2, -0.15) is 5.48 Å². The van der Waals surface area contributed by atoms with E-state index in [1.54, 1.807) is 6.07 Å². The van der Waals surface area contributed by atoms with Crippen LogP contribution in [-0.2, 0) is 11.4 Å². The van der Waals surface area contributed by atoms with Crippen molar-refractivity contribution in [3.8, 4) is 11.5 Å². The first-order valence-corrected chi connectivity index (χ1v) is 5.47. The molecule has 1 aliphatic rings. The van der Waals surface area contributed by atoms with Crippen LogP contribution in [0.2, 0.25) is 5.02 Å². The molecule has 1 N–H and O–H groups in total. The van der Waals surface area contributed by atoms with Crippen LogP contribution in [0.15, 0.2) is 6.07 Å². The number of halogens is 1. The van der Waals surface area contributed by atoms with Crippen molar-refractivity contribution >= 4 is 17.9 Å². The fourth-order valence-electron chi connectivity index (χ4n) is 1.65. The summed E-state index contributed by atoms with van der Waals surface area (Å²) in [6.45, 7) is 1.23. The number of ether oxygens (including phenoxy) is 2. The molecule has 1 aliphatic heterocycles. The molecule has 0 aliphatic carbocycles. The van der Waals surface area contributed by atoms with E-state index in [2.05, 4.69) is 5.48 Å². The Kier molecular flexibility index (Phi) is 3.83. The van der Waals surface area contributed by atoms with Gasteiger partial charge in [0.25, 0.3) is 0 Å². The molecule has 0 saturated carbocycles. The minimum Gasteiger partial charge on any atom is -0.486 e. The maximum atomic E-state index is 10.9. The smallest absolute Gasteiger partial charge is 0.172 e. The van der Waals surface area contributed by atoms with Gasteiger partial charge in [0.1, 0.15) is 13.2 Å². The van der Waals surface area contributed by atoms with Crippen molar-refractivity contribution in [1.29, 1.82) is 0 Å². The number of fused-ring (bicyclic) bond motifs is 1. The van der Waals surface area contributed by atoms with Crippen LogP contribution in [0.25, 0.3) is 0 Å². The standard InChI is InChI=1S/C11H12ClNO4/c1-15-13-5-8-9(12)4-7(6-14)10-11(8)17-3-2-16-10/h4,6,13H,2-3,5H2,1H3. The second kappa shape index (κ2) is 5.35. The number of rotatable bonds is 4. The van der Waals surface area contributed by atoms with Gasteiger partial charge in [0.2, 0.25) is 0 Å². The Balaban J connectivity index is 2.47. The third kappa shape index (κ3) is 2.36. The Morgan fingerprint density at radius 3 is 2.82 bits per heavy atom. The Morgan fingerprint density at radius 2 is 2.18 bits per heavy atom. The zero-order valence-corrected chi connectivity index (χ0v) is 10.0. The topological polar surface area (TPSA) is 56.8 Å². The Labute approximate surface area is 104 Å². The molecule has 0 spiro atoms. The van der Waals surface area contributed by atoms with Gasteiger partial charge in [0.05, 0.1) is 19.2 Å². The lowest BCUT2D eigenvalue weighted by atomic mass is 10.1. The van der Waals surface area contributed by atoms with Crippen LogP contribution in [0, 0.1) is 0 Å². The molecule has 0 saturated heterocycles. The van der Waals surface area contributed by atoms with Crippen molar-refractivity contribution in [2.24, 2.45) is 0 Å². The highest BCUT2D eigenvalue weighted by Crippen LogP contribution is 2.40. The van der Waals surface area contributed by atoms with E-state index in [0.717, 1.165) is 0 Å². The van der Waals surface area contributed by atoms with Crippen LogP contribution in [0.1, 0.15) is 15.9 Å². The average Bonchev–Trinajstić information content (AvgIpc) is 2.37. The summed E-state index contributed by atoms with van der Waals surface area (Å²) in [6, 6.07) is 1.56. The van der Waals surface area contributed by atoms with Crippen LogP contribution < -0.4 is 15.0 Å². The molecule has 1 heterocycles. The number of hydrogen-bond acceptors (Lipinski definition) is 5. The van der Waals surface area contributed by atoms with E-state index in [9.17, 15) is 4.79 Å². The molecule has 1 aromatic rings. The van der Waals surface area contributed by atoms with Crippen LogP contribution >= 0.6 is 11.6 Å². The van der Waals surface area contributed by atoms with E-state index in [1.165, 1.54) is 7.11 Å². The molecule has 92 valence electrons. The summed E-state index contributed by atoms with van der Waals surface area (Å²) in [4.78, 5) is 15.7. The Morgan fingerprint density at radius 1 is 1.47 bits per heavy atom. The summed E-state index contributed by atoms with van der Waals surface area (Å²) in [5.41, 5.74) is 3.80. The van der Waals surface area contributed by atoms with Gasteiger partial charge < -0.3 is 14.3 Å². The minimum atomic E-state index is 0.375. The SMILES string of the molecule is CONCc1c(Cl)cc(C=O)c2c1OCCO2. The van der Waals surface area contributed by atoms with Crippen molar-refractivity contribution in [1.82, 2.24) is 5.48 Å². The van der Waals surface area contributed by atoms with Crippen molar-refractivity contribution < 1.29 is 19.1 Å². The maximum Gasteiger partial charge on any atom is 0.172 e. The maximum absolute atomic E-state index is 10.9. The fraction of sp³-hybridized carbons (Fsp3) is 0.364. The third-order valence-corrected chi connectivity index (χ3v) is 2.75.